The largest absolute Gasteiger partial charge is 0.508 e. The molecule has 0 bridgehead atoms. The van der Waals surface area contributed by atoms with E-state index >= 15 is 26.3 Å². The SMILES string of the molecule is Cc1cccc(C(=O)Nc2cc(C(c3ccc(OOc4cc(O)c(C)cc4NC(=O)c4cccc(C(=O)Nc5cc(C)c(O)cc5O)c4)c(NC(=O)c4cccc(C)c4)c3)(C(F)(F)F)C(F)(F)F)ccc2O)c1. The van der Waals surface area contributed by atoms with Gasteiger partial charge in [0.1, 0.15) is 23.0 Å². The van der Waals surface area contributed by atoms with Gasteiger partial charge in [-0.3, -0.25) is 29.0 Å². The normalized spacial score (nSPS) is 11.6. The molecule has 0 atom stereocenters. The number of nitrogens with one attached hydrogen (secondary N) is 4. The summed E-state index contributed by atoms with van der Waals surface area (Å²) in [6, 6.07) is 24.3. The molecule has 7 aromatic carbocycles. The van der Waals surface area contributed by atoms with Gasteiger partial charge in [0.2, 0.25) is 16.9 Å². The molecule has 0 aliphatic carbocycles. The number of aromatic hydroxyl groups is 4. The van der Waals surface area contributed by atoms with Gasteiger partial charge in [-0.15, -0.1) is 0 Å². The smallest absolute Gasteiger partial charge is 0.411 e. The van der Waals surface area contributed by atoms with Crippen LogP contribution in [-0.2, 0) is 5.41 Å². The lowest BCUT2D eigenvalue weighted by atomic mass is 9.72. The predicted molar refractivity (Wildman–Crippen MR) is 257 cm³/mol. The van der Waals surface area contributed by atoms with E-state index in [4.69, 9.17) is 9.78 Å². The Balaban J connectivity index is 1.25. The van der Waals surface area contributed by atoms with Gasteiger partial charge >= 0.3 is 12.4 Å². The number of phenolic OH excluding ortho intramolecular Hbond substituents is 4. The van der Waals surface area contributed by atoms with Crippen LogP contribution < -0.4 is 31.0 Å². The monoisotopic (exact) mass is 1010 g/mol. The van der Waals surface area contributed by atoms with Crippen molar-refractivity contribution in [3.05, 3.63) is 189 Å². The highest BCUT2D eigenvalue weighted by atomic mass is 19.4. The number of rotatable bonds is 13. The second kappa shape index (κ2) is 20.3. The van der Waals surface area contributed by atoms with E-state index in [0.717, 1.165) is 12.1 Å². The number of carbonyl (C=O) groups is 4. The summed E-state index contributed by atoms with van der Waals surface area (Å²) in [7, 11) is 0. The van der Waals surface area contributed by atoms with E-state index < -0.39 is 92.6 Å². The molecule has 0 unspecified atom stereocenters. The zero-order valence-electron chi connectivity index (χ0n) is 38.7. The molecule has 20 heteroatoms. The van der Waals surface area contributed by atoms with Gasteiger partial charge in [-0.05, 0) is 129 Å². The Kier molecular flexibility index (Phi) is 14.3. The summed E-state index contributed by atoms with van der Waals surface area (Å²) < 4.78 is 93.9. The molecule has 73 heavy (non-hydrogen) atoms. The van der Waals surface area contributed by atoms with E-state index in [1.165, 1.54) is 86.6 Å². The Hall–Kier alpha value is -9.20. The second-order valence-corrected chi connectivity index (χ2v) is 16.8. The maximum Gasteiger partial charge on any atom is 0.411 e. The summed E-state index contributed by atoms with van der Waals surface area (Å²) in [5.41, 5.74) is -8.22. The van der Waals surface area contributed by atoms with Gasteiger partial charge in [-0.2, -0.15) is 26.3 Å². The maximum absolute atomic E-state index is 15.6. The summed E-state index contributed by atoms with van der Waals surface area (Å²) in [4.78, 5) is 64.7. The molecule has 0 fully saturated rings. The fraction of sp³-hybridized carbons (Fsp3) is 0.132. The van der Waals surface area contributed by atoms with Crippen LogP contribution in [0, 0.1) is 27.7 Å². The first-order valence-corrected chi connectivity index (χ1v) is 21.7. The summed E-state index contributed by atoms with van der Waals surface area (Å²) >= 11 is 0. The topological polar surface area (TPSA) is 216 Å². The van der Waals surface area contributed by atoms with Crippen LogP contribution in [0.2, 0.25) is 0 Å². The average Bonchev–Trinajstić information content (AvgIpc) is 3.32. The lowest BCUT2D eigenvalue weighted by Gasteiger charge is -2.38. The lowest BCUT2D eigenvalue weighted by molar-refractivity contribution is -0.288. The van der Waals surface area contributed by atoms with E-state index in [9.17, 15) is 39.6 Å². The Bertz CT molecular complexity index is 3310. The van der Waals surface area contributed by atoms with E-state index in [-0.39, 0.29) is 44.9 Å². The van der Waals surface area contributed by atoms with Crippen LogP contribution in [0.4, 0.5) is 49.1 Å². The molecule has 0 saturated carbocycles. The number of alkyl halides is 6. The van der Waals surface area contributed by atoms with Crippen LogP contribution in [0.1, 0.15) is 74.8 Å². The van der Waals surface area contributed by atoms with Gasteiger partial charge in [-0.1, -0.05) is 53.6 Å². The van der Waals surface area contributed by atoms with Gasteiger partial charge in [0, 0.05) is 34.4 Å². The Morgan fingerprint density at radius 2 is 0.781 bits per heavy atom. The molecule has 4 amide bonds. The van der Waals surface area contributed by atoms with E-state index in [1.54, 1.807) is 26.0 Å². The Morgan fingerprint density at radius 3 is 1.27 bits per heavy atom. The first-order valence-electron chi connectivity index (χ1n) is 21.7. The fourth-order valence-electron chi connectivity index (χ4n) is 7.66. The molecule has 8 N–H and O–H groups in total. The number of anilines is 4. The number of hydrogen-bond acceptors (Lipinski definition) is 10. The molecular formula is C53H42F6N4O10. The maximum atomic E-state index is 15.6. The van der Waals surface area contributed by atoms with Crippen LogP contribution in [0.5, 0.6) is 34.5 Å². The third-order valence-electron chi connectivity index (χ3n) is 11.5. The van der Waals surface area contributed by atoms with Crippen molar-refractivity contribution in [3.63, 3.8) is 0 Å². The Morgan fingerprint density at radius 1 is 0.397 bits per heavy atom. The molecule has 0 saturated heterocycles. The number of hydrogen-bond donors (Lipinski definition) is 8. The number of benzene rings is 7. The summed E-state index contributed by atoms with van der Waals surface area (Å²) in [6.45, 7) is 6.26. The van der Waals surface area contributed by atoms with Crippen molar-refractivity contribution >= 4 is 46.4 Å². The van der Waals surface area contributed by atoms with Crippen molar-refractivity contribution in [3.8, 4) is 34.5 Å². The summed E-state index contributed by atoms with van der Waals surface area (Å²) in [5.74, 6) is -6.62. The highest BCUT2D eigenvalue weighted by molar-refractivity contribution is 6.10. The van der Waals surface area contributed by atoms with Crippen molar-refractivity contribution in [2.45, 2.75) is 45.5 Å². The quantitative estimate of drug-likeness (QED) is 0.0180. The summed E-state index contributed by atoms with van der Waals surface area (Å²) in [5, 5.41) is 50.9. The lowest BCUT2D eigenvalue weighted by Crippen LogP contribution is -2.54. The van der Waals surface area contributed by atoms with Crippen LogP contribution in [0.15, 0.2) is 133 Å². The molecule has 14 nitrogen and oxygen atoms in total. The first kappa shape index (κ1) is 51.6. The van der Waals surface area contributed by atoms with Gasteiger partial charge in [-0.25, -0.2) is 0 Å². The zero-order valence-corrected chi connectivity index (χ0v) is 38.7. The van der Waals surface area contributed by atoms with Gasteiger partial charge in [0.15, 0.2) is 0 Å². The molecule has 0 radical (unpaired) electrons. The van der Waals surface area contributed by atoms with Crippen LogP contribution >= 0.6 is 0 Å². The third-order valence-corrected chi connectivity index (χ3v) is 11.5. The van der Waals surface area contributed by atoms with E-state index in [1.807, 2.05) is 0 Å². The first-order chi connectivity index (χ1) is 34.4. The minimum absolute atomic E-state index is 0.0115. The summed E-state index contributed by atoms with van der Waals surface area (Å²) in [6.07, 6.45) is -12.4. The molecule has 0 aromatic heterocycles. The third kappa shape index (κ3) is 10.9. The molecule has 376 valence electrons. The molecule has 0 spiro atoms. The van der Waals surface area contributed by atoms with Crippen LogP contribution in [0.25, 0.3) is 0 Å². The number of amides is 4. The Labute approximate surface area is 411 Å². The van der Waals surface area contributed by atoms with Crippen LogP contribution in [0.3, 0.4) is 0 Å². The average molecular weight is 1010 g/mol. The molecule has 7 rings (SSSR count). The molecular weight excluding hydrogens is 967 g/mol. The highest BCUT2D eigenvalue weighted by Gasteiger charge is 2.72. The number of carbonyl (C=O) groups excluding carboxylic acids is 4. The predicted octanol–water partition coefficient (Wildman–Crippen LogP) is 11.5. The van der Waals surface area contributed by atoms with E-state index in [0.29, 0.717) is 53.1 Å². The molecule has 0 heterocycles. The van der Waals surface area contributed by atoms with Gasteiger partial charge in [0.25, 0.3) is 23.6 Å². The van der Waals surface area contributed by atoms with Crippen molar-refractivity contribution < 1.29 is 75.7 Å². The van der Waals surface area contributed by atoms with E-state index in [2.05, 4.69) is 21.3 Å². The molecule has 0 aliphatic rings. The van der Waals surface area contributed by atoms with Gasteiger partial charge < -0.3 is 41.7 Å². The number of phenols is 4. The van der Waals surface area contributed by atoms with Crippen LogP contribution in [-0.4, -0.2) is 56.4 Å². The zero-order chi connectivity index (χ0) is 53.2. The number of halogens is 6. The van der Waals surface area contributed by atoms with Gasteiger partial charge in [0.05, 0.1) is 22.7 Å². The molecule has 7 aromatic rings. The van der Waals surface area contributed by atoms with Crippen molar-refractivity contribution in [2.24, 2.45) is 0 Å². The highest BCUT2D eigenvalue weighted by Crippen LogP contribution is 2.57. The fourth-order valence-corrected chi connectivity index (χ4v) is 7.66. The molecule has 0 aliphatic heterocycles. The standard InChI is InChI=1S/C53H42F6N4O10/c1-27-8-5-10-31(18-27)47(68)61-38-23-35(14-16-41(38)64)51(52(54,55)56,53(57,58)59)36-15-17-45(40(24-36)63-48(69)32-11-6-9-28(2)19-32)72-73-46-26-43(66)30(4)21-39(46)62-50(71)34-13-7-12-33(22-34)49(70)60-37-20-29(3)42(65)25-44(37)67/h5-26,64-67H,1-4H3,(H,60,70)(H,61,68)(H,62,71)(H,63,69). The second-order valence-electron chi connectivity index (χ2n) is 16.8. The number of aryl methyl sites for hydroxylation is 4. The van der Waals surface area contributed by atoms with Crippen molar-refractivity contribution in [2.75, 3.05) is 21.3 Å². The van der Waals surface area contributed by atoms with Crippen molar-refractivity contribution in [1.82, 2.24) is 0 Å². The minimum atomic E-state index is -6.21. The minimum Gasteiger partial charge on any atom is -0.508 e. The van der Waals surface area contributed by atoms with Crippen molar-refractivity contribution in [1.29, 1.82) is 0 Å².